The second-order valence-corrected chi connectivity index (χ2v) is 9.56. The molecule has 2 heterocycles. The van der Waals surface area contributed by atoms with Gasteiger partial charge in [0.1, 0.15) is 18.0 Å². The molecule has 8 nitrogen and oxygen atoms in total. The summed E-state index contributed by atoms with van der Waals surface area (Å²) in [6.45, 7) is 8.24. The minimum atomic E-state index is -1.10. The molecule has 1 aromatic heterocycles. The maximum absolute atomic E-state index is 11.2. The van der Waals surface area contributed by atoms with Crippen molar-refractivity contribution in [3.8, 4) is 17.2 Å². The highest BCUT2D eigenvalue weighted by atomic mass is 16.5. The Balaban J connectivity index is 1.31. The molecule has 0 aliphatic carbocycles. The molecule has 0 saturated carbocycles. The van der Waals surface area contributed by atoms with Crippen LogP contribution in [0.1, 0.15) is 23.1 Å². The van der Waals surface area contributed by atoms with E-state index in [1.54, 1.807) is 7.11 Å². The van der Waals surface area contributed by atoms with E-state index in [2.05, 4.69) is 10.00 Å². The van der Waals surface area contributed by atoms with Gasteiger partial charge in [0.25, 0.3) is 0 Å². The highest BCUT2D eigenvalue weighted by Crippen LogP contribution is 2.29. The molecule has 1 N–H and O–H groups in total. The molecule has 1 aliphatic rings. The molecule has 2 aromatic carbocycles. The van der Waals surface area contributed by atoms with Crippen LogP contribution < -0.4 is 14.2 Å². The van der Waals surface area contributed by atoms with E-state index in [0.29, 0.717) is 32.1 Å². The molecule has 1 saturated heterocycles. The van der Waals surface area contributed by atoms with Gasteiger partial charge in [-0.2, -0.15) is 5.10 Å². The molecule has 1 atom stereocenters. The van der Waals surface area contributed by atoms with Crippen molar-refractivity contribution < 1.29 is 24.1 Å². The fraction of sp³-hybridized carbons (Fsp3) is 0.464. The van der Waals surface area contributed by atoms with Gasteiger partial charge in [-0.05, 0) is 49.2 Å². The lowest BCUT2D eigenvalue weighted by Crippen LogP contribution is -2.48. The smallest absolute Gasteiger partial charge is 0.161 e. The van der Waals surface area contributed by atoms with Gasteiger partial charge in [0.15, 0.2) is 11.5 Å². The van der Waals surface area contributed by atoms with Crippen LogP contribution in [0, 0.1) is 13.8 Å². The summed E-state index contributed by atoms with van der Waals surface area (Å²) in [5.41, 5.74) is 2.30. The van der Waals surface area contributed by atoms with Gasteiger partial charge in [-0.15, -0.1) is 0 Å². The van der Waals surface area contributed by atoms with E-state index in [0.717, 1.165) is 42.1 Å². The SMILES string of the molecule is COc1cc(CN2CCOCC(O)(COc3ccc(C)cc3)C2)ccc1OCCCn1cc(C)cn1. The largest absolute Gasteiger partial charge is 0.493 e. The molecule has 0 bridgehead atoms. The van der Waals surface area contributed by atoms with E-state index in [4.69, 9.17) is 18.9 Å². The van der Waals surface area contributed by atoms with Gasteiger partial charge in [-0.3, -0.25) is 9.58 Å². The van der Waals surface area contributed by atoms with Crippen LogP contribution in [-0.4, -0.2) is 72.0 Å². The lowest BCUT2D eigenvalue weighted by atomic mass is 10.1. The molecule has 0 amide bonds. The number of rotatable bonds is 11. The highest BCUT2D eigenvalue weighted by Gasteiger charge is 2.33. The molecule has 36 heavy (non-hydrogen) atoms. The minimum absolute atomic E-state index is 0.167. The summed E-state index contributed by atoms with van der Waals surface area (Å²) in [6, 6.07) is 13.8. The molecule has 194 valence electrons. The number of hydrogen-bond donors (Lipinski definition) is 1. The summed E-state index contributed by atoms with van der Waals surface area (Å²) >= 11 is 0. The lowest BCUT2D eigenvalue weighted by molar-refractivity contribution is -0.0646. The van der Waals surface area contributed by atoms with Crippen molar-refractivity contribution in [1.29, 1.82) is 0 Å². The van der Waals surface area contributed by atoms with Crippen molar-refractivity contribution in [2.24, 2.45) is 0 Å². The topological polar surface area (TPSA) is 78.2 Å². The number of aryl methyl sites for hydroxylation is 3. The maximum atomic E-state index is 11.2. The molecule has 3 aromatic rings. The zero-order valence-corrected chi connectivity index (χ0v) is 21.5. The number of aromatic nitrogens is 2. The molecular formula is C28H37N3O5. The Bertz CT molecular complexity index is 1100. The average Bonchev–Trinajstić information content (AvgIpc) is 3.20. The number of methoxy groups -OCH3 is 1. The van der Waals surface area contributed by atoms with Crippen molar-refractivity contribution in [2.45, 2.75) is 39.0 Å². The van der Waals surface area contributed by atoms with Crippen LogP contribution in [0.25, 0.3) is 0 Å². The summed E-state index contributed by atoms with van der Waals surface area (Å²) in [5, 5.41) is 15.5. The monoisotopic (exact) mass is 495 g/mol. The van der Waals surface area contributed by atoms with Gasteiger partial charge in [0.2, 0.25) is 0 Å². The highest BCUT2D eigenvalue weighted by molar-refractivity contribution is 5.43. The van der Waals surface area contributed by atoms with E-state index < -0.39 is 5.60 Å². The summed E-state index contributed by atoms with van der Waals surface area (Å²) in [7, 11) is 1.65. The minimum Gasteiger partial charge on any atom is -0.493 e. The van der Waals surface area contributed by atoms with Crippen molar-refractivity contribution >= 4 is 0 Å². The second kappa shape index (κ2) is 12.3. The summed E-state index contributed by atoms with van der Waals surface area (Å²) in [5.74, 6) is 2.16. The second-order valence-electron chi connectivity index (χ2n) is 9.56. The molecule has 0 radical (unpaired) electrons. The van der Waals surface area contributed by atoms with E-state index in [1.807, 2.05) is 73.4 Å². The van der Waals surface area contributed by atoms with E-state index in [1.165, 1.54) is 5.56 Å². The van der Waals surface area contributed by atoms with Crippen molar-refractivity contribution in [3.63, 3.8) is 0 Å². The molecule has 0 spiro atoms. The Hall–Kier alpha value is -3.07. The zero-order valence-electron chi connectivity index (χ0n) is 21.5. The van der Waals surface area contributed by atoms with Gasteiger partial charge < -0.3 is 24.1 Å². The third-order valence-electron chi connectivity index (χ3n) is 6.15. The first-order chi connectivity index (χ1) is 17.4. The first kappa shape index (κ1) is 26.0. The summed E-state index contributed by atoms with van der Waals surface area (Å²) in [6.07, 6.45) is 4.74. The molecule has 8 heteroatoms. The number of β-amino-alcohol motifs (C(OH)–C–C–N with tert-alkyl or cyclic N) is 1. The van der Waals surface area contributed by atoms with Crippen molar-refractivity contribution in [1.82, 2.24) is 14.7 Å². The average molecular weight is 496 g/mol. The van der Waals surface area contributed by atoms with Crippen LogP contribution >= 0.6 is 0 Å². The van der Waals surface area contributed by atoms with Crippen LogP contribution in [0.4, 0.5) is 0 Å². The lowest BCUT2D eigenvalue weighted by Gasteiger charge is -2.30. The Labute approximate surface area is 213 Å². The first-order valence-corrected chi connectivity index (χ1v) is 12.4. The Kier molecular flexibility index (Phi) is 8.85. The number of hydrogen-bond acceptors (Lipinski definition) is 7. The van der Waals surface area contributed by atoms with Gasteiger partial charge in [0, 0.05) is 38.8 Å². The predicted molar refractivity (Wildman–Crippen MR) is 138 cm³/mol. The fourth-order valence-electron chi connectivity index (χ4n) is 4.26. The normalized spacial score (nSPS) is 18.6. The Morgan fingerprint density at radius 1 is 1.06 bits per heavy atom. The zero-order chi connectivity index (χ0) is 25.4. The van der Waals surface area contributed by atoms with Crippen LogP contribution in [0.3, 0.4) is 0 Å². The summed E-state index contributed by atoms with van der Waals surface area (Å²) < 4.78 is 25.1. The predicted octanol–water partition coefficient (Wildman–Crippen LogP) is 3.62. The number of benzene rings is 2. The molecular weight excluding hydrogens is 458 g/mol. The third kappa shape index (κ3) is 7.46. The van der Waals surface area contributed by atoms with Crippen LogP contribution in [-0.2, 0) is 17.8 Å². The summed E-state index contributed by atoms with van der Waals surface area (Å²) in [4.78, 5) is 2.19. The van der Waals surface area contributed by atoms with E-state index in [-0.39, 0.29) is 13.2 Å². The number of nitrogens with zero attached hydrogens (tertiary/aromatic N) is 3. The Morgan fingerprint density at radius 3 is 2.64 bits per heavy atom. The standard InChI is InChI=1S/C28H37N3O5/c1-22-5-8-25(9-6-22)36-21-28(32)19-30(12-14-34-20-28)18-24-7-10-26(27(15-24)33-3)35-13-4-11-31-17-23(2)16-29-31/h5-10,15-17,32H,4,11-14,18-21H2,1-3H3. The fourth-order valence-corrected chi connectivity index (χ4v) is 4.26. The molecule has 1 fully saturated rings. The van der Waals surface area contributed by atoms with Crippen molar-refractivity contribution in [2.75, 3.05) is 46.6 Å². The molecule has 1 unspecified atom stereocenters. The van der Waals surface area contributed by atoms with Crippen LogP contribution in [0.15, 0.2) is 54.9 Å². The number of ether oxygens (including phenoxy) is 4. The van der Waals surface area contributed by atoms with E-state index in [9.17, 15) is 5.11 Å². The first-order valence-electron chi connectivity index (χ1n) is 12.4. The van der Waals surface area contributed by atoms with Gasteiger partial charge in [-0.1, -0.05) is 23.8 Å². The maximum Gasteiger partial charge on any atom is 0.161 e. The van der Waals surface area contributed by atoms with Crippen LogP contribution in [0.2, 0.25) is 0 Å². The van der Waals surface area contributed by atoms with Crippen LogP contribution in [0.5, 0.6) is 17.2 Å². The molecule has 1 aliphatic heterocycles. The van der Waals surface area contributed by atoms with Gasteiger partial charge in [0.05, 0.1) is 33.1 Å². The van der Waals surface area contributed by atoms with Gasteiger partial charge >= 0.3 is 0 Å². The number of aliphatic hydroxyl groups is 1. The quantitative estimate of drug-likeness (QED) is 0.407. The van der Waals surface area contributed by atoms with Crippen molar-refractivity contribution in [3.05, 3.63) is 71.5 Å². The third-order valence-corrected chi connectivity index (χ3v) is 6.15. The Morgan fingerprint density at radius 2 is 1.89 bits per heavy atom. The van der Waals surface area contributed by atoms with E-state index >= 15 is 0 Å². The van der Waals surface area contributed by atoms with Gasteiger partial charge in [-0.25, -0.2) is 0 Å². The molecule has 4 rings (SSSR count).